The Morgan fingerprint density at radius 2 is 1.65 bits per heavy atom. The SMILES string of the molecule is CC(C)C1=C2[C@H]3CC[C@@H]4[C@@]5(C)CC[C@H](O)C(C)(C)[C@@H]5CC[C@@]4(C)[C@]3(C)CC(Cl)[C@]2(CCN(Cc2ccccc2)C(=O)OC(C)(C)C)CC1=O. The highest BCUT2D eigenvalue weighted by Gasteiger charge is 2.71. The lowest BCUT2D eigenvalue weighted by atomic mass is 9.33. The summed E-state index contributed by atoms with van der Waals surface area (Å²) in [5.41, 5.74) is 2.46. The third-order valence-corrected chi connectivity index (χ3v) is 15.8. The van der Waals surface area contributed by atoms with Gasteiger partial charge in [-0.25, -0.2) is 4.79 Å². The smallest absolute Gasteiger partial charge is 0.410 e. The van der Waals surface area contributed by atoms with Crippen LogP contribution in [0.3, 0.4) is 0 Å². The normalized spacial score (nSPS) is 39.9. The molecule has 6 rings (SSSR count). The Hall–Kier alpha value is -1.85. The molecule has 1 unspecified atom stereocenters. The number of allylic oxidation sites excluding steroid dienone is 2. The van der Waals surface area contributed by atoms with Crippen LogP contribution in [0.2, 0.25) is 0 Å². The molecule has 5 aliphatic carbocycles. The van der Waals surface area contributed by atoms with E-state index in [1.807, 2.05) is 43.9 Å². The Kier molecular flexibility index (Phi) is 9.33. The number of carbonyl (C=O) groups is 2. The van der Waals surface area contributed by atoms with Crippen LogP contribution in [0.4, 0.5) is 4.79 Å². The molecule has 272 valence electrons. The maximum atomic E-state index is 14.2. The number of rotatable bonds is 6. The van der Waals surface area contributed by atoms with Crippen LogP contribution < -0.4 is 0 Å². The van der Waals surface area contributed by atoms with Gasteiger partial charge in [-0.05, 0) is 129 Å². The average Bonchev–Trinajstić information content (AvgIpc) is 3.31. The van der Waals surface area contributed by atoms with Gasteiger partial charge in [0.05, 0.1) is 6.10 Å². The third-order valence-electron chi connectivity index (χ3n) is 15.3. The fraction of sp³-hybridized carbons (Fsp3) is 0.767. The lowest BCUT2D eigenvalue weighted by Crippen LogP contribution is -2.66. The highest BCUT2D eigenvalue weighted by molar-refractivity contribution is 6.22. The van der Waals surface area contributed by atoms with Crippen molar-refractivity contribution in [1.29, 1.82) is 0 Å². The fourth-order valence-corrected chi connectivity index (χ4v) is 13.4. The molecule has 1 amide bonds. The summed E-state index contributed by atoms with van der Waals surface area (Å²) in [7, 11) is 0. The number of nitrogens with zero attached hydrogens (tertiary/aromatic N) is 1. The molecule has 9 atom stereocenters. The molecule has 5 nitrogen and oxygen atoms in total. The van der Waals surface area contributed by atoms with Crippen molar-refractivity contribution in [3.05, 3.63) is 47.0 Å². The van der Waals surface area contributed by atoms with E-state index in [-0.39, 0.29) is 50.9 Å². The lowest BCUT2D eigenvalue weighted by molar-refractivity contribution is -0.228. The third kappa shape index (κ3) is 5.74. The van der Waals surface area contributed by atoms with E-state index >= 15 is 0 Å². The van der Waals surface area contributed by atoms with Crippen LogP contribution in [0.5, 0.6) is 0 Å². The Bertz CT molecular complexity index is 1480. The number of Topliss-reactive ketones (excluding diaryl/α,β-unsaturated/α-hetero) is 1. The van der Waals surface area contributed by atoms with E-state index in [1.54, 1.807) is 0 Å². The molecule has 1 aromatic carbocycles. The number of halogens is 1. The van der Waals surface area contributed by atoms with Crippen molar-refractivity contribution < 1.29 is 19.4 Å². The van der Waals surface area contributed by atoms with Gasteiger partial charge in [0.2, 0.25) is 0 Å². The van der Waals surface area contributed by atoms with Crippen LogP contribution >= 0.6 is 11.6 Å². The largest absolute Gasteiger partial charge is 0.444 e. The number of hydrogen-bond donors (Lipinski definition) is 1. The number of ketones is 1. The molecular formula is C43H64ClNO4. The summed E-state index contributed by atoms with van der Waals surface area (Å²) in [5.74, 6) is 1.73. The molecule has 0 heterocycles. The quantitative estimate of drug-likeness (QED) is 0.301. The standard InChI is InChI=1S/C43H64ClNO4/c1-27(2)35-30(46)24-43(22-23-45(37(48)49-38(3,4)5)26-28-14-12-11-13-15-28)33(44)25-42(10)29(36(35)43)16-17-32-40(8)20-19-34(47)39(6,7)31(40)18-21-41(32,42)9/h11-15,27,29,31-34,47H,16-26H2,1-10H3/t29-,31+,32-,33?,34+,40+,41-,42-,43+/m1/s1. The summed E-state index contributed by atoms with van der Waals surface area (Å²) >= 11 is 7.82. The molecule has 1 aromatic rings. The number of ether oxygens (including phenoxy) is 1. The van der Waals surface area contributed by atoms with Crippen LogP contribution in [-0.2, 0) is 16.1 Å². The minimum Gasteiger partial charge on any atom is -0.444 e. The zero-order chi connectivity index (χ0) is 35.9. The van der Waals surface area contributed by atoms with E-state index in [0.717, 1.165) is 56.1 Å². The Morgan fingerprint density at radius 1 is 0.980 bits per heavy atom. The van der Waals surface area contributed by atoms with Gasteiger partial charge >= 0.3 is 6.09 Å². The van der Waals surface area contributed by atoms with Gasteiger partial charge < -0.3 is 14.7 Å². The Morgan fingerprint density at radius 3 is 2.29 bits per heavy atom. The summed E-state index contributed by atoms with van der Waals surface area (Å²) in [4.78, 5) is 29.8. The molecule has 0 aliphatic heterocycles. The molecule has 4 saturated carbocycles. The van der Waals surface area contributed by atoms with Crippen LogP contribution in [0, 0.1) is 50.7 Å². The summed E-state index contributed by atoms with van der Waals surface area (Å²) in [6.07, 6.45) is 7.87. The molecule has 0 spiro atoms. The topological polar surface area (TPSA) is 66.8 Å². The molecular weight excluding hydrogens is 630 g/mol. The maximum Gasteiger partial charge on any atom is 0.410 e. The summed E-state index contributed by atoms with van der Waals surface area (Å²) in [5, 5.41) is 10.9. The van der Waals surface area contributed by atoms with Gasteiger partial charge in [-0.2, -0.15) is 0 Å². The van der Waals surface area contributed by atoms with Crippen LogP contribution in [0.25, 0.3) is 0 Å². The number of aliphatic hydroxyl groups is 1. The van der Waals surface area contributed by atoms with Crippen LogP contribution in [0.1, 0.15) is 133 Å². The van der Waals surface area contributed by atoms with Gasteiger partial charge in [0.1, 0.15) is 5.60 Å². The van der Waals surface area contributed by atoms with Crippen molar-refractivity contribution in [2.45, 2.75) is 151 Å². The van der Waals surface area contributed by atoms with Gasteiger partial charge in [-0.15, -0.1) is 11.6 Å². The van der Waals surface area contributed by atoms with Crippen molar-refractivity contribution >= 4 is 23.5 Å². The Balaban J connectivity index is 1.37. The molecule has 1 N–H and O–H groups in total. The molecule has 0 saturated heterocycles. The maximum absolute atomic E-state index is 14.2. The molecule has 0 radical (unpaired) electrons. The highest BCUT2D eigenvalue weighted by atomic mass is 35.5. The number of hydrogen-bond acceptors (Lipinski definition) is 4. The number of carbonyl (C=O) groups excluding carboxylic acids is 2. The zero-order valence-electron chi connectivity index (χ0n) is 32.1. The van der Waals surface area contributed by atoms with Gasteiger partial charge in [0.15, 0.2) is 5.78 Å². The number of fused-ring (bicyclic) bond motifs is 7. The number of amides is 1. The van der Waals surface area contributed by atoms with Gasteiger partial charge in [0.25, 0.3) is 0 Å². The van der Waals surface area contributed by atoms with E-state index in [1.165, 1.54) is 5.57 Å². The van der Waals surface area contributed by atoms with Crippen molar-refractivity contribution in [1.82, 2.24) is 4.90 Å². The zero-order valence-corrected chi connectivity index (χ0v) is 32.9. The number of benzene rings is 1. The molecule has 6 heteroatoms. The van der Waals surface area contributed by atoms with Crippen molar-refractivity contribution in [3.63, 3.8) is 0 Å². The van der Waals surface area contributed by atoms with Crippen molar-refractivity contribution in [2.75, 3.05) is 6.54 Å². The fourth-order valence-electron chi connectivity index (χ4n) is 12.8. The average molecular weight is 694 g/mol. The predicted octanol–water partition coefficient (Wildman–Crippen LogP) is 10.4. The second-order valence-corrected chi connectivity index (χ2v) is 20.1. The predicted molar refractivity (Wildman–Crippen MR) is 198 cm³/mol. The summed E-state index contributed by atoms with van der Waals surface area (Å²) in [6, 6.07) is 10.1. The second-order valence-electron chi connectivity index (χ2n) is 19.5. The molecule has 5 aliphatic rings. The van der Waals surface area contributed by atoms with Crippen LogP contribution in [0.15, 0.2) is 41.5 Å². The van der Waals surface area contributed by atoms with E-state index in [4.69, 9.17) is 16.3 Å². The molecule has 0 bridgehead atoms. The molecule has 0 aromatic heterocycles. The first-order valence-electron chi connectivity index (χ1n) is 19.3. The van der Waals surface area contributed by atoms with Gasteiger partial charge in [-0.3, -0.25) is 4.79 Å². The van der Waals surface area contributed by atoms with Crippen molar-refractivity contribution in [2.24, 2.45) is 50.7 Å². The monoisotopic (exact) mass is 693 g/mol. The van der Waals surface area contributed by atoms with Gasteiger partial charge in [0, 0.05) is 30.3 Å². The van der Waals surface area contributed by atoms with E-state index < -0.39 is 11.0 Å². The minimum atomic E-state index is -0.611. The second kappa shape index (κ2) is 12.4. The highest BCUT2D eigenvalue weighted by Crippen LogP contribution is 2.77. The lowest BCUT2D eigenvalue weighted by Gasteiger charge is -2.72. The number of alkyl halides is 1. The van der Waals surface area contributed by atoms with Gasteiger partial charge in [-0.1, -0.05) is 84.4 Å². The molecule has 4 fully saturated rings. The number of aliphatic hydroxyl groups excluding tert-OH is 1. The first-order valence-corrected chi connectivity index (χ1v) is 19.8. The summed E-state index contributed by atoms with van der Waals surface area (Å²) < 4.78 is 5.94. The first kappa shape index (κ1) is 36.9. The van der Waals surface area contributed by atoms with Crippen molar-refractivity contribution in [3.8, 4) is 0 Å². The van der Waals surface area contributed by atoms with E-state index in [9.17, 15) is 14.7 Å². The minimum absolute atomic E-state index is 0.0466. The van der Waals surface area contributed by atoms with Crippen LogP contribution in [-0.4, -0.2) is 45.5 Å². The van der Waals surface area contributed by atoms with E-state index in [2.05, 4.69) is 60.6 Å². The van der Waals surface area contributed by atoms with E-state index in [0.29, 0.717) is 43.7 Å². The Labute approximate surface area is 302 Å². The first-order chi connectivity index (χ1) is 22.7. The summed E-state index contributed by atoms with van der Waals surface area (Å²) in [6.45, 7) is 23.3. The molecule has 49 heavy (non-hydrogen) atoms.